The van der Waals surface area contributed by atoms with E-state index >= 15 is 0 Å². The molecule has 0 aliphatic heterocycles. The van der Waals surface area contributed by atoms with Crippen LogP contribution in [0.5, 0.6) is 0 Å². The summed E-state index contributed by atoms with van der Waals surface area (Å²) >= 11 is 9.19. The maximum Gasteiger partial charge on any atom is 0.147 e. The Morgan fingerprint density at radius 2 is 1.88 bits per heavy atom. The quantitative estimate of drug-likeness (QED) is 0.767. The third kappa shape index (κ3) is 2.13. The van der Waals surface area contributed by atoms with Crippen LogP contribution in [0.4, 0.5) is 4.39 Å². The van der Waals surface area contributed by atoms with Crippen LogP contribution in [0.15, 0.2) is 16.6 Å². The molecule has 16 heavy (non-hydrogen) atoms. The molecule has 2 N–H and O–H groups in total. The van der Waals surface area contributed by atoms with Crippen molar-refractivity contribution >= 4 is 27.5 Å². The zero-order valence-corrected chi connectivity index (χ0v) is 11.2. The van der Waals surface area contributed by atoms with Crippen LogP contribution in [-0.4, -0.2) is 0 Å². The molecule has 1 aliphatic rings. The summed E-state index contributed by atoms with van der Waals surface area (Å²) in [5.74, 6) is -0.375. The van der Waals surface area contributed by atoms with Gasteiger partial charge in [0.15, 0.2) is 0 Å². The predicted molar refractivity (Wildman–Crippen MR) is 68.1 cm³/mol. The summed E-state index contributed by atoms with van der Waals surface area (Å²) in [6.45, 7) is 0. The highest BCUT2D eigenvalue weighted by Crippen LogP contribution is 2.41. The highest BCUT2D eigenvalue weighted by Gasteiger charge is 2.34. The lowest BCUT2D eigenvalue weighted by Crippen LogP contribution is -2.39. The second-order valence-electron chi connectivity index (χ2n) is 4.43. The number of nitrogens with two attached hydrogens (primary N) is 1. The summed E-state index contributed by atoms with van der Waals surface area (Å²) in [6.07, 6.45) is 4.92. The molecule has 0 saturated heterocycles. The fourth-order valence-electron chi connectivity index (χ4n) is 2.42. The van der Waals surface area contributed by atoms with Crippen molar-refractivity contribution in [3.05, 3.63) is 33.0 Å². The van der Waals surface area contributed by atoms with Gasteiger partial charge >= 0.3 is 0 Å². The molecule has 4 heteroatoms. The summed E-state index contributed by atoms with van der Waals surface area (Å²) in [6, 6.07) is 3.32. The minimum Gasteiger partial charge on any atom is -0.321 e. The van der Waals surface area contributed by atoms with E-state index < -0.39 is 5.54 Å². The van der Waals surface area contributed by atoms with Crippen molar-refractivity contribution in [1.82, 2.24) is 0 Å². The third-order valence-corrected chi connectivity index (χ3v) is 4.24. The first-order valence-electron chi connectivity index (χ1n) is 5.47. The molecule has 0 radical (unpaired) electrons. The van der Waals surface area contributed by atoms with Gasteiger partial charge in [0.2, 0.25) is 0 Å². The van der Waals surface area contributed by atoms with Crippen molar-refractivity contribution in [2.75, 3.05) is 0 Å². The van der Waals surface area contributed by atoms with Crippen LogP contribution in [0, 0.1) is 5.82 Å². The van der Waals surface area contributed by atoms with E-state index in [2.05, 4.69) is 15.9 Å². The summed E-state index contributed by atoms with van der Waals surface area (Å²) in [5.41, 5.74) is 6.30. The molecule has 0 spiro atoms. The van der Waals surface area contributed by atoms with Gasteiger partial charge in [0, 0.05) is 15.6 Å². The molecular formula is C12H14BrClFN. The molecule has 1 fully saturated rings. The largest absolute Gasteiger partial charge is 0.321 e. The third-order valence-electron chi connectivity index (χ3n) is 3.29. The molecule has 0 atom stereocenters. The maximum absolute atomic E-state index is 14.1. The highest BCUT2D eigenvalue weighted by molar-refractivity contribution is 9.10. The molecule has 0 amide bonds. The molecule has 1 aromatic carbocycles. The highest BCUT2D eigenvalue weighted by atomic mass is 79.9. The first-order chi connectivity index (χ1) is 7.54. The van der Waals surface area contributed by atoms with Gasteiger partial charge in [-0.3, -0.25) is 0 Å². The van der Waals surface area contributed by atoms with E-state index in [9.17, 15) is 4.39 Å². The average Bonchev–Trinajstić information content (AvgIpc) is 2.25. The number of halogens is 3. The van der Waals surface area contributed by atoms with E-state index in [4.69, 9.17) is 17.3 Å². The van der Waals surface area contributed by atoms with E-state index in [-0.39, 0.29) is 10.8 Å². The van der Waals surface area contributed by atoms with Crippen LogP contribution in [0.3, 0.4) is 0 Å². The van der Waals surface area contributed by atoms with Gasteiger partial charge in [-0.05, 0) is 25.0 Å². The van der Waals surface area contributed by atoms with Crippen LogP contribution >= 0.6 is 27.5 Å². The first-order valence-corrected chi connectivity index (χ1v) is 6.64. The topological polar surface area (TPSA) is 26.0 Å². The van der Waals surface area contributed by atoms with Gasteiger partial charge < -0.3 is 5.73 Å². The Labute approximate surface area is 108 Å². The number of benzene rings is 1. The number of hydrogen-bond donors (Lipinski definition) is 1. The van der Waals surface area contributed by atoms with E-state index in [1.807, 2.05) is 0 Å². The van der Waals surface area contributed by atoms with E-state index in [0.29, 0.717) is 5.56 Å². The zero-order valence-electron chi connectivity index (χ0n) is 8.90. The standard InChI is InChI=1S/C12H14BrClFN/c13-8-4-5-9(14)11(15)10(8)12(16)6-2-1-3-7-12/h4-5H,1-3,6-7,16H2. The lowest BCUT2D eigenvalue weighted by Gasteiger charge is -2.35. The normalized spacial score (nSPS) is 19.8. The van der Waals surface area contributed by atoms with Crippen LogP contribution in [0.25, 0.3) is 0 Å². The van der Waals surface area contributed by atoms with Crippen LogP contribution in [-0.2, 0) is 5.54 Å². The van der Waals surface area contributed by atoms with Gasteiger partial charge in [0.05, 0.1) is 5.02 Å². The van der Waals surface area contributed by atoms with Crippen molar-refractivity contribution in [3.8, 4) is 0 Å². The Bertz CT molecular complexity index is 402. The van der Waals surface area contributed by atoms with E-state index in [0.717, 1.165) is 30.2 Å². The molecule has 0 heterocycles. The Kier molecular flexibility index (Phi) is 3.57. The Morgan fingerprint density at radius 3 is 2.50 bits per heavy atom. The number of hydrogen-bond acceptors (Lipinski definition) is 1. The van der Waals surface area contributed by atoms with Gasteiger partial charge in [-0.25, -0.2) is 4.39 Å². The summed E-state index contributed by atoms with van der Waals surface area (Å²) in [5, 5.41) is 0.147. The number of rotatable bonds is 1. The SMILES string of the molecule is NC1(c2c(Br)ccc(Cl)c2F)CCCCC1. The Morgan fingerprint density at radius 1 is 1.25 bits per heavy atom. The van der Waals surface area contributed by atoms with Crippen LogP contribution in [0.2, 0.25) is 5.02 Å². The Balaban J connectivity index is 2.49. The zero-order chi connectivity index (χ0) is 11.8. The molecule has 1 aromatic rings. The maximum atomic E-state index is 14.1. The summed E-state index contributed by atoms with van der Waals surface area (Å²) in [4.78, 5) is 0. The first kappa shape index (κ1) is 12.3. The van der Waals surface area contributed by atoms with Crippen molar-refractivity contribution in [2.24, 2.45) is 5.73 Å². The van der Waals surface area contributed by atoms with E-state index in [1.54, 1.807) is 12.1 Å². The van der Waals surface area contributed by atoms with Gasteiger partial charge in [-0.2, -0.15) is 0 Å². The van der Waals surface area contributed by atoms with Crippen LogP contribution in [0.1, 0.15) is 37.7 Å². The fourth-order valence-corrected chi connectivity index (χ4v) is 3.27. The molecule has 88 valence electrons. The fraction of sp³-hybridized carbons (Fsp3) is 0.500. The van der Waals surface area contributed by atoms with Crippen LogP contribution < -0.4 is 5.73 Å². The molecule has 1 saturated carbocycles. The molecule has 2 rings (SSSR count). The molecule has 0 aromatic heterocycles. The van der Waals surface area contributed by atoms with Gasteiger partial charge in [0.1, 0.15) is 5.82 Å². The molecular weight excluding hydrogens is 292 g/mol. The lowest BCUT2D eigenvalue weighted by molar-refractivity contribution is 0.292. The van der Waals surface area contributed by atoms with Crippen molar-refractivity contribution < 1.29 is 4.39 Å². The minimum absolute atomic E-state index is 0.147. The lowest BCUT2D eigenvalue weighted by atomic mass is 9.77. The Hall–Kier alpha value is -0.120. The van der Waals surface area contributed by atoms with Gasteiger partial charge in [-0.1, -0.05) is 46.8 Å². The van der Waals surface area contributed by atoms with Gasteiger partial charge in [-0.15, -0.1) is 0 Å². The minimum atomic E-state index is -0.563. The van der Waals surface area contributed by atoms with E-state index in [1.165, 1.54) is 6.42 Å². The van der Waals surface area contributed by atoms with Crippen molar-refractivity contribution in [3.63, 3.8) is 0 Å². The van der Waals surface area contributed by atoms with Crippen molar-refractivity contribution in [1.29, 1.82) is 0 Å². The summed E-state index contributed by atoms with van der Waals surface area (Å²) < 4.78 is 14.8. The second-order valence-corrected chi connectivity index (χ2v) is 5.70. The predicted octanol–water partition coefficient (Wildman–Crippen LogP) is 4.36. The average molecular weight is 307 g/mol. The van der Waals surface area contributed by atoms with Crippen molar-refractivity contribution in [2.45, 2.75) is 37.6 Å². The van der Waals surface area contributed by atoms with Gasteiger partial charge in [0.25, 0.3) is 0 Å². The molecule has 0 unspecified atom stereocenters. The monoisotopic (exact) mass is 305 g/mol. The summed E-state index contributed by atoms with van der Waals surface area (Å²) in [7, 11) is 0. The molecule has 0 bridgehead atoms. The molecule has 1 aliphatic carbocycles. The smallest absolute Gasteiger partial charge is 0.147 e. The molecule has 1 nitrogen and oxygen atoms in total. The second kappa shape index (κ2) is 4.63.